The molecule has 0 bridgehead atoms. The van der Waals surface area contributed by atoms with Crippen LogP contribution in [0, 0.1) is 17.0 Å². The highest BCUT2D eigenvalue weighted by atomic mass is 35.5. The Labute approximate surface area is 165 Å². The Hall–Kier alpha value is -2.58. The van der Waals surface area contributed by atoms with Gasteiger partial charge in [-0.1, -0.05) is 11.6 Å². The molecule has 27 heavy (non-hydrogen) atoms. The first-order valence-electron chi connectivity index (χ1n) is 7.90. The molecule has 0 spiro atoms. The number of esters is 1. The third kappa shape index (κ3) is 6.26. The van der Waals surface area contributed by atoms with Gasteiger partial charge in [0.25, 0.3) is 11.6 Å². The number of hydrogen-bond donors (Lipinski definition) is 1. The number of non-ortho nitro benzene ring substituents is 1. The normalized spacial score (nSPS) is 11.5. The van der Waals surface area contributed by atoms with Crippen LogP contribution < -0.4 is 5.32 Å². The Morgan fingerprint density at radius 3 is 2.52 bits per heavy atom. The molecule has 0 aliphatic heterocycles. The second-order valence-electron chi connectivity index (χ2n) is 5.63. The molecular weight excluding hydrogens is 392 g/mol. The smallest absolute Gasteiger partial charge is 0.319 e. The van der Waals surface area contributed by atoms with E-state index < -0.39 is 28.7 Å². The lowest BCUT2D eigenvalue weighted by molar-refractivity contribution is -0.384. The van der Waals surface area contributed by atoms with Crippen molar-refractivity contribution >= 4 is 46.6 Å². The minimum Gasteiger partial charge on any atom is -0.455 e. The van der Waals surface area contributed by atoms with E-state index in [2.05, 4.69) is 5.32 Å². The second kappa shape index (κ2) is 9.38. The highest BCUT2D eigenvalue weighted by Gasteiger charge is 2.18. The predicted octanol–water partition coefficient (Wildman–Crippen LogP) is 4.22. The third-order valence-electron chi connectivity index (χ3n) is 3.50. The molecular formula is C18H17ClN2O5S. The molecule has 9 heteroatoms. The first-order chi connectivity index (χ1) is 12.8. The maximum atomic E-state index is 12.0. The molecule has 2 aromatic carbocycles. The number of nitro groups is 1. The van der Waals surface area contributed by atoms with Gasteiger partial charge in [-0.2, -0.15) is 0 Å². The molecule has 2 aromatic rings. The van der Waals surface area contributed by atoms with Gasteiger partial charge in [0, 0.05) is 27.7 Å². The Morgan fingerprint density at radius 1 is 1.26 bits per heavy atom. The van der Waals surface area contributed by atoms with E-state index in [-0.39, 0.29) is 5.69 Å². The van der Waals surface area contributed by atoms with E-state index >= 15 is 0 Å². The van der Waals surface area contributed by atoms with E-state index in [1.54, 1.807) is 44.2 Å². The van der Waals surface area contributed by atoms with Crippen LogP contribution in [0.2, 0.25) is 5.02 Å². The van der Waals surface area contributed by atoms with Gasteiger partial charge in [0.05, 0.1) is 4.92 Å². The molecule has 0 aliphatic carbocycles. The Kier molecular flexibility index (Phi) is 7.20. The van der Waals surface area contributed by atoms with E-state index in [9.17, 15) is 19.7 Å². The van der Waals surface area contributed by atoms with E-state index in [4.69, 9.17) is 16.3 Å². The number of ether oxygens (including phenoxy) is 1. The molecule has 7 nitrogen and oxygen atoms in total. The van der Waals surface area contributed by atoms with Gasteiger partial charge in [-0.25, -0.2) is 0 Å². The molecule has 0 aromatic heterocycles. The lowest BCUT2D eigenvalue weighted by Crippen LogP contribution is -2.25. The lowest BCUT2D eigenvalue weighted by Gasteiger charge is -2.12. The van der Waals surface area contributed by atoms with Crippen molar-refractivity contribution in [2.45, 2.75) is 24.0 Å². The van der Waals surface area contributed by atoms with Crippen molar-refractivity contribution in [1.82, 2.24) is 0 Å². The van der Waals surface area contributed by atoms with Crippen molar-refractivity contribution in [3.63, 3.8) is 0 Å². The average Bonchev–Trinajstić information content (AvgIpc) is 2.62. The summed E-state index contributed by atoms with van der Waals surface area (Å²) >= 11 is 7.05. The zero-order chi connectivity index (χ0) is 20.0. The first kappa shape index (κ1) is 20.7. The molecule has 0 saturated carbocycles. The number of nitrogens with one attached hydrogen (secondary N) is 1. The van der Waals surface area contributed by atoms with E-state index in [1.165, 1.54) is 23.9 Å². The minimum absolute atomic E-state index is 0.0243. The quantitative estimate of drug-likeness (QED) is 0.319. The van der Waals surface area contributed by atoms with Crippen LogP contribution in [-0.2, 0) is 14.3 Å². The SMILES string of the molecule is Cc1cc(Cl)ccc1NC(=O)COC(=O)[C@H](C)Sc1ccc([N+](=O)[O-])cc1. The van der Waals surface area contributed by atoms with Gasteiger partial charge in [-0.3, -0.25) is 19.7 Å². The van der Waals surface area contributed by atoms with E-state index in [0.717, 1.165) is 5.56 Å². The topological polar surface area (TPSA) is 98.5 Å². The molecule has 0 unspecified atom stereocenters. The Bertz CT molecular complexity index is 857. The fourth-order valence-corrected chi connectivity index (χ4v) is 3.20. The van der Waals surface area contributed by atoms with Gasteiger partial charge in [-0.05, 0) is 49.7 Å². The van der Waals surface area contributed by atoms with Crippen molar-refractivity contribution in [3.8, 4) is 0 Å². The van der Waals surface area contributed by atoms with Gasteiger partial charge in [0.2, 0.25) is 0 Å². The van der Waals surface area contributed by atoms with Crippen LogP contribution in [0.15, 0.2) is 47.4 Å². The summed E-state index contributed by atoms with van der Waals surface area (Å²) in [6, 6.07) is 10.9. The number of nitro benzene ring substituents is 1. The number of thioether (sulfide) groups is 1. The van der Waals surface area contributed by atoms with Gasteiger partial charge < -0.3 is 10.1 Å². The third-order valence-corrected chi connectivity index (χ3v) is 4.83. The summed E-state index contributed by atoms with van der Waals surface area (Å²) in [5.41, 5.74) is 1.36. The van der Waals surface area contributed by atoms with Crippen LogP contribution in [0.3, 0.4) is 0 Å². The van der Waals surface area contributed by atoms with E-state index in [0.29, 0.717) is 15.6 Å². The Morgan fingerprint density at radius 2 is 1.93 bits per heavy atom. The minimum atomic E-state index is -0.573. The maximum Gasteiger partial charge on any atom is 0.319 e. The number of carbonyl (C=O) groups excluding carboxylic acids is 2. The van der Waals surface area contributed by atoms with E-state index in [1.807, 2.05) is 0 Å². The van der Waals surface area contributed by atoms with Crippen LogP contribution in [0.4, 0.5) is 11.4 Å². The van der Waals surface area contributed by atoms with Gasteiger partial charge >= 0.3 is 5.97 Å². The summed E-state index contributed by atoms with van der Waals surface area (Å²) < 4.78 is 5.03. The zero-order valence-corrected chi connectivity index (χ0v) is 16.2. The van der Waals surface area contributed by atoms with Crippen LogP contribution in [0.25, 0.3) is 0 Å². The number of anilines is 1. The molecule has 1 N–H and O–H groups in total. The first-order valence-corrected chi connectivity index (χ1v) is 9.16. The molecule has 1 atom stereocenters. The van der Waals surface area contributed by atoms with Crippen molar-refractivity contribution in [3.05, 3.63) is 63.2 Å². The zero-order valence-electron chi connectivity index (χ0n) is 14.6. The van der Waals surface area contributed by atoms with Crippen LogP contribution in [0.5, 0.6) is 0 Å². The second-order valence-corrected chi connectivity index (χ2v) is 7.48. The molecule has 1 amide bonds. The number of carbonyl (C=O) groups is 2. The van der Waals surface area contributed by atoms with Gasteiger partial charge in [-0.15, -0.1) is 11.8 Å². The number of amides is 1. The molecule has 0 heterocycles. The highest BCUT2D eigenvalue weighted by Crippen LogP contribution is 2.26. The summed E-state index contributed by atoms with van der Waals surface area (Å²) in [5, 5.41) is 13.3. The number of rotatable bonds is 7. The Balaban J connectivity index is 1.83. The monoisotopic (exact) mass is 408 g/mol. The summed E-state index contributed by atoms with van der Waals surface area (Å²) in [5.74, 6) is -1.01. The molecule has 0 radical (unpaired) electrons. The standard InChI is InChI=1S/C18H17ClN2O5S/c1-11-9-13(19)3-8-16(11)20-17(22)10-26-18(23)12(2)27-15-6-4-14(5-7-15)21(24)25/h3-9,12H,10H2,1-2H3,(H,20,22)/t12-/m0/s1. The fourth-order valence-electron chi connectivity index (χ4n) is 2.11. The van der Waals surface area contributed by atoms with Crippen molar-refractivity contribution in [1.29, 1.82) is 0 Å². The maximum absolute atomic E-state index is 12.0. The summed E-state index contributed by atoms with van der Waals surface area (Å²) in [6.07, 6.45) is 0. The van der Waals surface area contributed by atoms with Crippen molar-refractivity contribution < 1.29 is 19.2 Å². The number of nitrogens with zero attached hydrogens (tertiary/aromatic N) is 1. The van der Waals surface area contributed by atoms with Gasteiger partial charge in [0.15, 0.2) is 6.61 Å². The molecule has 0 aliphatic rings. The van der Waals surface area contributed by atoms with Crippen LogP contribution in [0.1, 0.15) is 12.5 Å². The summed E-state index contributed by atoms with van der Waals surface area (Å²) in [7, 11) is 0. The van der Waals surface area contributed by atoms with Crippen LogP contribution in [-0.4, -0.2) is 28.7 Å². The number of benzene rings is 2. The van der Waals surface area contributed by atoms with Gasteiger partial charge in [0.1, 0.15) is 5.25 Å². The predicted molar refractivity (Wildman–Crippen MR) is 104 cm³/mol. The highest BCUT2D eigenvalue weighted by molar-refractivity contribution is 8.00. The van der Waals surface area contributed by atoms with Crippen molar-refractivity contribution in [2.75, 3.05) is 11.9 Å². The lowest BCUT2D eigenvalue weighted by atomic mass is 10.2. The average molecular weight is 409 g/mol. The number of aryl methyl sites for hydroxylation is 1. The summed E-state index contributed by atoms with van der Waals surface area (Å²) in [6.45, 7) is 3.03. The molecule has 2 rings (SSSR count). The molecule has 142 valence electrons. The van der Waals surface area contributed by atoms with Crippen LogP contribution >= 0.6 is 23.4 Å². The van der Waals surface area contributed by atoms with Crippen molar-refractivity contribution in [2.24, 2.45) is 0 Å². The number of halogens is 1. The summed E-state index contributed by atoms with van der Waals surface area (Å²) in [4.78, 5) is 34.8. The number of hydrogen-bond acceptors (Lipinski definition) is 6. The fraction of sp³-hybridized carbons (Fsp3) is 0.222. The molecule has 0 fully saturated rings. The largest absolute Gasteiger partial charge is 0.455 e. The molecule has 0 saturated heterocycles.